The Morgan fingerprint density at radius 1 is 0.955 bits per heavy atom. The average Bonchev–Trinajstić information content (AvgIpc) is 2.52. The summed E-state index contributed by atoms with van der Waals surface area (Å²) in [6.07, 6.45) is 0. The van der Waals surface area contributed by atoms with Gasteiger partial charge < -0.3 is 5.32 Å². The minimum atomic E-state index is -0.999. The third kappa shape index (κ3) is 2.83. The second kappa shape index (κ2) is 5.72. The number of hydrogen-bond donors (Lipinski definition) is 2. The van der Waals surface area contributed by atoms with Gasteiger partial charge in [-0.2, -0.15) is 0 Å². The van der Waals surface area contributed by atoms with E-state index in [1.807, 2.05) is 6.07 Å². The summed E-state index contributed by atoms with van der Waals surface area (Å²) in [7, 11) is 0. The minimum absolute atomic E-state index is 0.0377. The van der Waals surface area contributed by atoms with Crippen LogP contribution < -0.4 is 10.9 Å². The predicted octanol–water partition coefficient (Wildman–Crippen LogP) is 2.85. The first kappa shape index (κ1) is 13.9. The molecule has 1 heterocycles. The summed E-state index contributed by atoms with van der Waals surface area (Å²) in [5.41, 5.74) is 0.620. The van der Waals surface area contributed by atoms with Crippen LogP contribution in [0.25, 0.3) is 11.3 Å². The summed E-state index contributed by atoms with van der Waals surface area (Å²) in [6.45, 7) is 0. The molecular weight excluding hydrogens is 290 g/mol. The van der Waals surface area contributed by atoms with Crippen molar-refractivity contribution in [3.8, 4) is 11.3 Å². The van der Waals surface area contributed by atoms with Crippen LogP contribution in [-0.2, 0) is 0 Å². The maximum Gasteiger partial charge on any atom is 0.279 e. The number of halogens is 2. The van der Waals surface area contributed by atoms with Gasteiger partial charge in [0, 0.05) is 17.3 Å². The fourth-order valence-electron chi connectivity index (χ4n) is 1.89. The number of nitrogens with one attached hydrogen (secondary N) is 2. The summed E-state index contributed by atoms with van der Waals surface area (Å²) >= 11 is 0. The van der Waals surface area contributed by atoms with Crippen LogP contribution in [0.1, 0.15) is 0 Å². The molecule has 0 saturated carbocycles. The Kier molecular flexibility index (Phi) is 3.61. The standard InChI is InChI=1S/C15H10F2N4O/c16-11-7-6-10(8-12(11)17)18-15-19-14(22)13(20-21-15)9-4-2-1-3-5-9/h1-8H,(H2,18,19,21,22). The van der Waals surface area contributed by atoms with Crippen LogP contribution in [0.4, 0.5) is 20.4 Å². The third-order valence-electron chi connectivity index (χ3n) is 2.93. The van der Waals surface area contributed by atoms with Gasteiger partial charge in [0.25, 0.3) is 5.56 Å². The molecule has 0 spiro atoms. The van der Waals surface area contributed by atoms with Gasteiger partial charge in [-0.1, -0.05) is 30.3 Å². The largest absolute Gasteiger partial charge is 0.324 e. The monoisotopic (exact) mass is 300 g/mol. The molecular formula is C15H10F2N4O. The van der Waals surface area contributed by atoms with E-state index in [0.29, 0.717) is 5.56 Å². The van der Waals surface area contributed by atoms with Crippen molar-refractivity contribution >= 4 is 11.6 Å². The van der Waals surface area contributed by atoms with Crippen molar-refractivity contribution in [2.75, 3.05) is 5.32 Å². The quantitative estimate of drug-likeness (QED) is 0.780. The molecule has 5 nitrogen and oxygen atoms in total. The molecule has 2 N–H and O–H groups in total. The van der Waals surface area contributed by atoms with E-state index in [2.05, 4.69) is 20.5 Å². The zero-order chi connectivity index (χ0) is 15.5. The smallest absolute Gasteiger partial charge is 0.279 e. The first-order valence-electron chi connectivity index (χ1n) is 6.38. The number of aromatic nitrogens is 3. The zero-order valence-corrected chi connectivity index (χ0v) is 11.2. The van der Waals surface area contributed by atoms with Gasteiger partial charge >= 0.3 is 0 Å². The average molecular weight is 300 g/mol. The molecule has 0 saturated heterocycles. The minimum Gasteiger partial charge on any atom is -0.324 e. The summed E-state index contributed by atoms with van der Waals surface area (Å²) < 4.78 is 26.0. The Balaban J connectivity index is 1.89. The second-order valence-electron chi connectivity index (χ2n) is 4.47. The molecule has 110 valence electrons. The molecule has 0 aliphatic carbocycles. The van der Waals surface area contributed by atoms with Crippen molar-refractivity contribution in [3.05, 3.63) is 70.5 Å². The molecule has 22 heavy (non-hydrogen) atoms. The molecule has 1 aromatic heterocycles. The molecule has 0 fully saturated rings. The Morgan fingerprint density at radius 2 is 1.73 bits per heavy atom. The summed E-state index contributed by atoms with van der Waals surface area (Å²) in [5, 5.41) is 10.3. The molecule has 0 amide bonds. The van der Waals surface area contributed by atoms with Gasteiger partial charge in [-0.15, -0.1) is 10.2 Å². The molecule has 7 heteroatoms. The molecule has 2 aromatic carbocycles. The van der Waals surface area contributed by atoms with Crippen molar-refractivity contribution in [3.63, 3.8) is 0 Å². The molecule has 0 radical (unpaired) electrons. The highest BCUT2D eigenvalue weighted by Gasteiger charge is 2.08. The van der Waals surface area contributed by atoms with Crippen LogP contribution in [0.2, 0.25) is 0 Å². The molecule has 0 atom stereocenters. The molecule has 0 unspecified atom stereocenters. The predicted molar refractivity (Wildman–Crippen MR) is 77.7 cm³/mol. The number of aromatic amines is 1. The first-order valence-corrected chi connectivity index (χ1v) is 6.38. The van der Waals surface area contributed by atoms with E-state index in [0.717, 1.165) is 12.1 Å². The fourth-order valence-corrected chi connectivity index (χ4v) is 1.89. The van der Waals surface area contributed by atoms with Crippen LogP contribution in [0.15, 0.2) is 53.3 Å². The van der Waals surface area contributed by atoms with E-state index < -0.39 is 17.2 Å². The highest BCUT2D eigenvalue weighted by molar-refractivity contribution is 5.58. The number of hydrogen-bond acceptors (Lipinski definition) is 4. The van der Waals surface area contributed by atoms with E-state index in [1.54, 1.807) is 24.3 Å². The number of H-pyrrole nitrogens is 1. The zero-order valence-electron chi connectivity index (χ0n) is 11.2. The van der Waals surface area contributed by atoms with Crippen molar-refractivity contribution < 1.29 is 8.78 Å². The van der Waals surface area contributed by atoms with E-state index in [4.69, 9.17) is 0 Å². The highest BCUT2D eigenvalue weighted by Crippen LogP contribution is 2.16. The highest BCUT2D eigenvalue weighted by atomic mass is 19.2. The lowest BCUT2D eigenvalue weighted by Gasteiger charge is -2.05. The van der Waals surface area contributed by atoms with E-state index in [1.165, 1.54) is 6.07 Å². The van der Waals surface area contributed by atoms with E-state index >= 15 is 0 Å². The van der Waals surface area contributed by atoms with Crippen LogP contribution in [0.5, 0.6) is 0 Å². The normalized spacial score (nSPS) is 10.5. The van der Waals surface area contributed by atoms with Gasteiger partial charge in [0.05, 0.1) is 0 Å². The van der Waals surface area contributed by atoms with Crippen molar-refractivity contribution in [1.82, 2.24) is 15.2 Å². The number of anilines is 2. The molecule has 3 aromatic rings. The molecule has 0 aliphatic rings. The molecule has 3 rings (SSSR count). The Morgan fingerprint density at radius 3 is 2.41 bits per heavy atom. The maximum atomic E-state index is 13.1. The van der Waals surface area contributed by atoms with Gasteiger partial charge in [-0.25, -0.2) is 8.78 Å². The topological polar surface area (TPSA) is 70.7 Å². The molecule has 0 aliphatic heterocycles. The number of rotatable bonds is 3. The van der Waals surface area contributed by atoms with Gasteiger partial charge in [0.15, 0.2) is 17.3 Å². The van der Waals surface area contributed by atoms with Crippen LogP contribution in [0.3, 0.4) is 0 Å². The van der Waals surface area contributed by atoms with Crippen molar-refractivity contribution in [2.45, 2.75) is 0 Å². The number of benzene rings is 2. The summed E-state index contributed by atoms with van der Waals surface area (Å²) in [4.78, 5) is 14.5. The van der Waals surface area contributed by atoms with Crippen molar-refractivity contribution in [1.29, 1.82) is 0 Å². The Labute approximate surface area is 123 Å². The summed E-state index contributed by atoms with van der Waals surface area (Å²) in [5.74, 6) is -1.92. The maximum absolute atomic E-state index is 13.1. The summed E-state index contributed by atoms with van der Waals surface area (Å²) in [6, 6.07) is 12.1. The van der Waals surface area contributed by atoms with Crippen molar-refractivity contribution in [2.24, 2.45) is 0 Å². The van der Waals surface area contributed by atoms with Crippen LogP contribution in [0, 0.1) is 11.6 Å². The lowest BCUT2D eigenvalue weighted by Crippen LogP contribution is -2.15. The van der Waals surface area contributed by atoms with E-state index in [9.17, 15) is 13.6 Å². The fraction of sp³-hybridized carbons (Fsp3) is 0. The molecule has 0 bridgehead atoms. The third-order valence-corrected chi connectivity index (χ3v) is 2.93. The number of nitrogens with zero attached hydrogens (tertiary/aromatic N) is 2. The van der Waals surface area contributed by atoms with E-state index in [-0.39, 0.29) is 17.3 Å². The van der Waals surface area contributed by atoms with Gasteiger partial charge in [-0.05, 0) is 12.1 Å². The van der Waals surface area contributed by atoms with Crippen LogP contribution >= 0.6 is 0 Å². The SMILES string of the molecule is O=c1[nH]c(Nc2ccc(F)c(F)c2)nnc1-c1ccccc1. The van der Waals surface area contributed by atoms with Gasteiger partial charge in [-0.3, -0.25) is 9.78 Å². The Hall–Kier alpha value is -3.09. The van der Waals surface area contributed by atoms with Gasteiger partial charge in [0.2, 0.25) is 5.95 Å². The lowest BCUT2D eigenvalue weighted by atomic mass is 10.2. The van der Waals surface area contributed by atoms with Gasteiger partial charge in [0.1, 0.15) is 0 Å². The Bertz CT molecular complexity index is 865. The van der Waals surface area contributed by atoms with Crippen LogP contribution in [-0.4, -0.2) is 15.2 Å². The second-order valence-corrected chi connectivity index (χ2v) is 4.47. The lowest BCUT2D eigenvalue weighted by molar-refractivity contribution is 0.509. The first-order chi connectivity index (χ1) is 10.6.